The number of nitrogens with one attached hydrogen (secondary N) is 2. The number of amides is 1. The Morgan fingerprint density at radius 1 is 1.25 bits per heavy atom. The molecule has 0 aliphatic carbocycles. The molecule has 0 saturated heterocycles. The largest absolute Gasteiger partial charge is 0.497 e. The summed E-state index contributed by atoms with van der Waals surface area (Å²) in [6.07, 6.45) is 1.56. The van der Waals surface area contributed by atoms with Gasteiger partial charge in [-0.25, -0.2) is 5.43 Å². The van der Waals surface area contributed by atoms with Gasteiger partial charge in [-0.2, -0.15) is 5.10 Å². The fraction of sp³-hybridized carbons (Fsp3) is 0.125. The van der Waals surface area contributed by atoms with Gasteiger partial charge in [-0.15, -0.1) is 0 Å². The number of carbonyl (C=O) groups is 1. The van der Waals surface area contributed by atoms with Crippen LogP contribution in [0.15, 0.2) is 50.4 Å². The van der Waals surface area contributed by atoms with Gasteiger partial charge in [-0.05, 0) is 73.8 Å². The first kappa shape index (κ1) is 18.8. The first-order valence-electron chi connectivity index (χ1n) is 6.84. The lowest BCUT2D eigenvalue weighted by Crippen LogP contribution is -2.26. The molecule has 0 aliphatic rings. The molecule has 0 heterocycles. The molecule has 126 valence electrons. The Morgan fingerprint density at radius 2 is 1.88 bits per heavy atom. The molecule has 2 aromatic carbocycles. The summed E-state index contributed by atoms with van der Waals surface area (Å²) >= 11 is 12.7. The highest BCUT2D eigenvalue weighted by atomic mass is 79.9. The van der Waals surface area contributed by atoms with Crippen molar-refractivity contribution in [3.05, 3.63) is 55.9 Å². The van der Waals surface area contributed by atoms with Gasteiger partial charge in [0.1, 0.15) is 5.75 Å². The van der Waals surface area contributed by atoms with E-state index in [9.17, 15) is 4.79 Å². The van der Waals surface area contributed by atoms with Crippen molar-refractivity contribution in [3.63, 3.8) is 0 Å². The highest BCUT2D eigenvalue weighted by Gasteiger charge is 2.08. The molecule has 0 saturated carbocycles. The number of hydrogen-bond acceptors (Lipinski definition) is 4. The van der Waals surface area contributed by atoms with Crippen LogP contribution in [0.25, 0.3) is 0 Å². The first-order valence-corrected chi connectivity index (χ1v) is 8.80. The van der Waals surface area contributed by atoms with Gasteiger partial charge in [-0.1, -0.05) is 11.6 Å². The molecule has 24 heavy (non-hydrogen) atoms. The van der Waals surface area contributed by atoms with Gasteiger partial charge in [0.25, 0.3) is 5.91 Å². The summed E-state index contributed by atoms with van der Waals surface area (Å²) in [5, 5.41) is 7.53. The minimum atomic E-state index is -0.270. The van der Waals surface area contributed by atoms with Crippen LogP contribution in [0, 0.1) is 0 Å². The van der Waals surface area contributed by atoms with Crippen LogP contribution in [-0.4, -0.2) is 25.8 Å². The molecule has 1 amide bonds. The fourth-order valence-electron chi connectivity index (χ4n) is 1.79. The Kier molecular flexibility index (Phi) is 7.08. The molecule has 0 aromatic heterocycles. The van der Waals surface area contributed by atoms with E-state index < -0.39 is 0 Å². The fourth-order valence-corrected chi connectivity index (χ4v) is 3.74. The zero-order chi connectivity index (χ0) is 17.5. The van der Waals surface area contributed by atoms with Crippen molar-refractivity contribution < 1.29 is 9.53 Å². The van der Waals surface area contributed by atoms with Crippen molar-refractivity contribution in [1.29, 1.82) is 0 Å². The number of methoxy groups -OCH3 is 1. The van der Waals surface area contributed by atoms with Gasteiger partial charge in [0.05, 0.1) is 25.6 Å². The summed E-state index contributed by atoms with van der Waals surface area (Å²) in [6, 6.07) is 10.8. The molecule has 0 bridgehead atoms. The van der Waals surface area contributed by atoms with E-state index in [-0.39, 0.29) is 12.5 Å². The Morgan fingerprint density at radius 3 is 2.46 bits per heavy atom. The zero-order valence-corrected chi connectivity index (χ0v) is 16.6. The number of carbonyl (C=O) groups excluding carboxylic acids is 1. The number of hydrazone groups is 1. The van der Waals surface area contributed by atoms with Crippen LogP contribution in [0.2, 0.25) is 5.02 Å². The third-order valence-corrected chi connectivity index (χ3v) is 4.42. The lowest BCUT2D eigenvalue weighted by molar-refractivity contribution is -0.119. The number of halogens is 3. The maximum absolute atomic E-state index is 11.8. The van der Waals surface area contributed by atoms with Crippen LogP contribution in [0.4, 0.5) is 5.69 Å². The highest BCUT2D eigenvalue weighted by Crippen LogP contribution is 2.33. The summed E-state index contributed by atoms with van der Waals surface area (Å²) < 4.78 is 6.60. The maximum atomic E-state index is 11.8. The predicted molar refractivity (Wildman–Crippen MR) is 104 cm³/mol. The van der Waals surface area contributed by atoms with E-state index in [1.165, 1.54) is 0 Å². The van der Waals surface area contributed by atoms with E-state index in [0.29, 0.717) is 5.02 Å². The third kappa shape index (κ3) is 5.51. The third-order valence-electron chi connectivity index (χ3n) is 2.95. The molecule has 2 N–H and O–H groups in total. The van der Waals surface area contributed by atoms with Crippen molar-refractivity contribution >= 4 is 61.3 Å². The summed E-state index contributed by atoms with van der Waals surface area (Å²) in [5.41, 5.74) is 4.06. The molecule has 0 radical (unpaired) electrons. The van der Waals surface area contributed by atoms with Crippen LogP contribution in [0.1, 0.15) is 5.56 Å². The highest BCUT2D eigenvalue weighted by molar-refractivity contribution is 9.11. The van der Waals surface area contributed by atoms with Gasteiger partial charge in [0.2, 0.25) is 0 Å². The molecular weight excluding hydrogens is 461 g/mol. The minimum Gasteiger partial charge on any atom is -0.497 e. The number of rotatable bonds is 6. The van der Waals surface area contributed by atoms with Crippen molar-refractivity contribution in [2.75, 3.05) is 19.0 Å². The van der Waals surface area contributed by atoms with E-state index in [0.717, 1.165) is 25.9 Å². The topological polar surface area (TPSA) is 62.7 Å². The number of nitrogens with zero attached hydrogens (tertiary/aromatic N) is 1. The molecule has 0 atom stereocenters. The predicted octanol–water partition coefficient (Wildman–Crippen LogP) is 4.44. The Balaban J connectivity index is 1.86. The summed E-state index contributed by atoms with van der Waals surface area (Å²) in [4.78, 5) is 11.8. The van der Waals surface area contributed by atoms with Crippen molar-refractivity contribution in [2.45, 2.75) is 0 Å². The average Bonchev–Trinajstić information content (AvgIpc) is 2.54. The Bertz CT molecular complexity index is 728. The average molecular weight is 476 g/mol. The van der Waals surface area contributed by atoms with Crippen molar-refractivity contribution in [3.8, 4) is 5.75 Å². The normalized spacial score (nSPS) is 10.7. The summed E-state index contributed by atoms with van der Waals surface area (Å²) in [7, 11) is 1.60. The Labute approximate surface area is 161 Å². The van der Waals surface area contributed by atoms with Gasteiger partial charge in [-0.3, -0.25) is 4.79 Å². The van der Waals surface area contributed by atoms with E-state index >= 15 is 0 Å². The second-order valence-electron chi connectivity index (χ2n) is 4.66. The van der Waals surface area contributed by atoms with Crippen molar-refractivity contribution in [2.24, 2.45) is 5.10 Å². The van der Waals surface area contributed by atoms with Gasteiger partial charge in [0, 0.05) is 14.0 Å². The number of anilines is 1. The van der Waals surface area contributed by atoms with E-state index in [1.807, 2.05) is 24.3 Å². The number of benzene rings is 2. The number of hydrogen-bond donors (Lipinski definition) is 2. The summed E-state index contributed by atoms with van der Waals surface area (Å²) in [6.45, 7) is 0.0682. The zero-order valence-electron chi connectivity index (χ0n) is 12.6. The first-order chi connectivity index (χ1) is 11.5. The molecule has 2 aromatic rings. The monoisotopic (exact) mass is 473 g/mol. The lowest BCUT2D eigenvalue weighted by Gasteiger charge is -2.10. The smallest absolute Gasteiger partial charge is 0.259 e. The molecule has 0 spiro atoms. The second-order valence-corrected chi connectivity index (χ2v) is 6.81. The molecule has 0 aliphatic heterocycles. The van der Waals surface area contributed by atoms with Crippen LogP contribution in [-0.2, 0) is 4.79 Å². The lowest BCUT2D eigenvalue weighted by atomic mass is 10.2. The van der Waals surface area contributed by atoms with Crippen LogP contribution < -0.4 is 15.5 Å². The quantitative estimate of drug-likeness (QED) is 0.480. The number of ether oxygens (including phenoxy) is 1. The maximum Gasteiger partial charge on any atom is 0.259 e. The molecule has 8 heteroatoms. The molecule has 0 unspecified atom stereocenters. The molecular formula is C16H14Br2ClN3O2. The van der Waals surface area contributed by atoms with Crippen LogP contribution >= 0.6 is 43.5 Å². The van der Waals surface area contributed by atoms with E-state index in [4.69, 9.17) is 16.3 Å². The molecule has 5 nitrogen and oxygen atoms in total. The Hall–Kier alpha value is -1.57. The van der Waals surface area contributed by atoms with E-state index in [2.05, 4.69) is 47.7 Å². The van der Waals surface area contributed by atoms with Crippen LogP contribution in [0.5, 0.6) is 5.75 Å². The van der Waals surface area contributed by atoms with Crippen LogP contribution in [0.3, 0.4) is 0 Å². The molecule has 2 rings (SSSR count). The van der Waals surface area contributed by atoms with E-state index in [1.54, 1.807) is 25.5 Å². The van der Waals surface area contributed by atoms with Crippen molar-refractivity contribution in [1.82, 2.24) is 5.43 Å². The van der Waals surface area contributed by atoms with Gasteiger partial charge < -0.3 is 10.1 Å². The molecule has 0 fully saturated rings. The summed E-state index contributed by atoms with van der Waals surface area (Å²) in [5.74, 6) is 0.494. The SMILES string of the molecule is COc1ccc(/C=N\NC(=O)CNc2c(Br)cc(Cl)cc2Br)cc1. The minimum absolute atomic E-state index is 0.0682. The van der Waals surface area contributed by atoms with Gasteiger partial charge >= 0.3 is 0 Å². The van der Waals surface area contributed by atoms with Gasteiger partial charge in [0.15, 0.2) is 0 Å². The second kappa shape index (κ2) is 9.05. The standard InChI is InChI=1S/C16H14Br2ClN3O2/c1-24-12-4-2-10(3-5-12)8-21-22-15(23)9-20-16-13(17)6-11(19)7-14(16)18/h2-8,20H,9H2,1H3,(H,22,23)/b21-8-.